The first-order valence-corrected chi connectivity index (χ1v) is 6.75. The van der Waals surface area contributed by atoms with Gasteiger partial charge >= 0.3 is 0 Å². The third-order valence-electron chi connectivity index (χ3n) is 1.82. The van der Waals surface area contributed by atoms with Gasteiger partial charge in [0.2, 0.25) is 0 Å². The quantitative estimate of drug-likeness (QED) is 0.715. The van der Waals surface area contributed by atoms with E-state index in [1.165, 1.54) is 18.0 Å². The normalized spacial score (nSPS) is 9.27. The van der Waals surface area contributed by atoms with Crippen molar-refractivity contribution in [3.8, 4) is 0 Å². The van der Waals surface area contributed by atoms with Crippen LogP contribution in [0.4, 0.5) is 0 Å². The lowest BCUT2D eigenvalue weighted by molar-refractivity contribution is 0.367. The standard InChI is InChI=1S/C8H12OSi.C4H10.Al.3H/c1-2-9-10-8-6-4-3-5-7-8;1-3-4-2;;;;/h3-7H,2,10H2,1H3;3-4H2,1-2H3;;;;. The molecular formula is C12H25AlOSi. The average molecular weight is 240 g/mol. The van der Waals surface area contributed by atoms with Crippen LogP contribution in [0.5, 0.6) is 0 Å². The van der Waals surface area contributed by atoms with Crippen LogP contribution in [0.25, 0.3) is 0 Å². The first-order valence-electron chi connectivity index (χ1n) is 5.46. The Kier molecular flexibility index (Phi) is 16.1. The molecule has 0 spiro atoms. The Labute approximate surface area is 107 Å². The second kappa shape index (κ2) is 13.9. The molecule has 0 radical (unpaired) electrons. The van der Waals surface area contributed by atoms with Gasteiger partial charge in [-0.2, -0.15) is 0 Å². The van der Waals surface area contributed by atoms with Gasteiger partial charge < -0.3 is 4.43 Å². The molecule has 0 aliphatic heterocycles. The van der Waals surface area contributed by atoms with Crippen molar-refractivity contribution >= 4 is 32.3 Å². The van der Waals surface area contributed by atoms with Gasteiger partial charge in [-0.1, -0.05) is 57.0 Å². The van der Waals surface area contributed by atoms with Gasteiger partial charge in [-0.3, -0.25) is 0 Å². The smallest absolute Gasteiger partial charge is 0.192 e. The number of benzene rings is 1. The van der Waals surface area contributed by atoms with Gasteiger partial charge in [0.05, 0.1) is 0 Å². The second-order valence-corrected chi connectivity index (χ2v) is 4.64. The van der Waals surface area contributed by atoms with Crippen molar-refractivity contribution in [2.45, 2.75) is 33.6 Å². The third-order valence-corrected chi connectivity index (χ3v) is 3.23. The molecule has 0 aliphatic rings. The summed E-state index contributed by atoms with van der Waals surface area (Å²) < 4.78 is 5.36. The first kappa shape index (κ1) is 17.3. The Bertz CT molecular complexity index is 202. The lowest BCUT2D eigenvalue weighted by Crippen LogP contribution is -2.16. The number of hydrogen-bond donors (Lipinski definition) is 0. The molecule has 0 fully saturated rings. The molecule has 0 N–H and O–H groups in total. The fraction of sp³-hybridized carbons (Fsp3) is 0.500. The largest absolute Gasteiger partial charge is 0.419 e. The highest BCUT2D eigenvalue weighted by atomic mass is 28.2. The summed E-state index contributed by atoms with van der Waals surface area (Å²) in [6, 6.07) is 10.4. The summed E-state index contributed by atoms with van der Waals surface area (Å²) in [6.07, 6.45) is 2.64. The van der Waals surface area contributed by atoms with E-state index in [0.717, 1.165) is 6.61 Å². The highest BCUT2D eigenvalue weighted by molar-refractivity contribution is 6.46. The number of rotatable bonds is 4. The Hall–Kier alpha value is -0.0706. The summed E-state index contributed by atoms with van der Waals surface area (Å²) in [6.45, 7) is 7.25. The van der Waals surface area contributed by atoms with Crippen molar-refractivity contribution < 1.29 is 4.43 Å². The molecule has 86 valence electrons. The van der Waals surface area contributed by atoms with Crippen LogP contribution in [0.1, 0.15) is 33.6 Å². The molecule has 3 heteroatoms. The molecule has 0 bridgehead atoms. The van der Waals surface area contributed by atoms with Crippen molar-refractivity contribution in [3.05, 3.63) is 30.3 Å². The van der Waals surface area contributed by atoms with Gasteiger partial charge in [-0.05, 0) is 12.1 Å². The van der Waals surface area contributed by atoms with Crippen LogP contribution in [0.3, 0.4) is 0 Å². The van der Waals surface area contributed by atoms with E-state index >= 15 is 0 Å². The maximum Gasteiger partial charge on any atom is 0.192 e. The minimum atomic E-state index is -0.411. The molecule has 0 aromatic heterocycles. The van der Waals surface area contributed by atoms with Crippen molar-refractivity contribution in [2.24, 2.45) is 0 Å². The summed E-state index contributed by atoms with van der Waals surface area (Å²) in [5.74, 6) is 0. The molecule has 15 heavy (non-hydrogen) atoms. The molecule has 0 heterocycles. The van der Waals surface area contributed by atoms with Gasteiger partial charge in [0, 0.05) is 6.61 Å². The van der Waals surface area contributed by atoms with Crippen molar-refractivity contribution in [1.29, 1.82) is 0 Å². The molecular weight excluding hydrogens is 215 g/mol. The molecule has 0 saturated heterocycles. The summed E-state index contributed by atoms with van der Waals surface area (Å²) in [5, 5.41) is 1.38. The Balaban J connectivity index is 0. The first-order chi connectivity index (χ1) is 6.85. The minimum Gasteiger partial charge on any atom is -0.419 e. The molecule has 1 rings (SSSR count). The summed E-state index contributed by atoms with van der Waals surface area (Å²) in [4.78, 5) is 0. The van der Waals surface area contributed by atoms with Gasteiger partial charge in [-0.25, -0.2) is 0 Å². The van der Waals surface area contributed by atoms with Gasteiger partial charge in [0.15, 0.2) is 27.1 Å². The van der Waals surface area contributed by atoms with Gasteiger partial charge in [0.1, 0.15) is 0 Å². The highest BCUT2D eigenvalue weighted by Gasteiger charge is 1.88. The topological polar surface area (TPSA) is 9.23 Å². The molecule has 0 amide bonds. The molecule has 0 unspecified atom stereocenters. The van der Waals surface area contributed by atoms with Crippen molar-refractivity contribution in [3.63, 3.8) is 0 Å². The predicted octanol–water partition coefficient (Wildman–Crippen LogP) is 1.05. The molecule has 1 nitrogen and oxygen atoms in total. The monoisotopic (exact) mass is 240 g/mol. The second-order valence-electron chi connectivity index (χ2n) is 3.12. The molecule has 0 saturated carbocycles. The summed E-state index contributed by atoms with van der Waals surface area (Å²) in [5.41, 5.74) is 0. The lowest BCUT2D eigenvalue weighted by atomic mass is 10.4. The zero-order valence-corrected chi connectivity index (χ0v) is 11.0. The highest BCUT2D eigenvalue weighted by Crippen LogP contribution is 1.81. The fourth-order valence-electron chi connectivity index (χ4n) is 0.794. The fourth-order valence-corrected chi connectivity index (χ4v) is 1.70. The van der Waals surface area contributed by atoms with Crippen LogP contribution in [0, 0.1) is 0 Å². The van der Waals surface area contributed by atoms with Crippen LogP contribution in [-0.4, -0.2) is 33.7 Å². The average Bonchev–Trinajstić information content (AvgIpc) is 2.28. The van der Waals surface area contributed by atoms with Crippen molar-refractivity contribution in [2.75, 3.05) is 6.61 Å². The Morgan fingerprint density at radius 3 is 1.93 bits per heavy atom. The van der Waals surface area contributed by atoms with E-state index in [0.29, 0.717) is 0 Å². The molecule has 1 aromatic carbocycles. The van der Waals surface area contributed by atoms with Crippen LogP contribution >= 0.6 is 0 Å². The van der Waals surface area contributed by atoms with E-state index in [1.807, 2.05) is 13.0 Å². The summed E-state index contributed by atoms with van der Waals surface area (Å²) in [7, 11) is -0.411. The van der Waals surface area contributed by atoms with Crippen molar-refractivity contribution in [1.82, 2.24) is 0 Å². The van der Waals surface area contributed by atoms with Crippen LogP contribution in [-0.2, 0) is 4.43 Å². The maximum atomic E-state index is 5.36. The molecule has 1 aromatic rings. The molecule has 0 aliphatic carbocycles. The van der Waals surface area contributed by atoms with E-state index in [4.69, 9.17) is 4.43 Å². The van der Waals surface area contributed by atoms with Gasteiger partial charge in [0.25, 0.3) is 0 Å². The Morgan fingerprint density at radius 2 is 1.53 bits per heavy atom. The van der Waals surface area contributed by atoms with E-state index in [-0.39, 0.29) is 17.4 Å². The number of unbranched alkanes of at least 4 members (excludes halogenated alkanes) is 1. The van der Waals surface area contributed by atoms with Crippen LogP contribution in [0.2, 0.25) is 0 Å². The van der Waals surface area contributed by atoms with E-state index < -0.39 is 9.76 Å². The summed E-state index contributed by atoms with van der Waals surface area (Å²) >= 11 is 0. The van der Waals surface area contributed by atoms with E-state index in [9.17, 15) is 0 Å². The van der Waals surface area contributed by atoms with Crippen LogP contribution in [0.15, 0.2) is 30.3 Å². The predicted molar refractivity (Wildman–Crippen MR) is 76.8 cm³/mol. The zero-order valence-electron chi connectivity index (χ0n) is 9.62. The third kappa shape index (κ3) is 11.9. The van der Waals surface area contributed by atoms with Gasteiger partial charge in [-0.15, -0.1) is 0 Å². The maximum absolute atomic E-state index is 5.36. The SMILES string of the molecule is CCCC.CCO[SiH2]c1ccccc1.[AlH3]. The van der Waals surface area contributed by atoms with Crippen LogP contribution < -0.4 is 5.19 Å². The van der Waals surface area contributed by atoms with E-state index in [2.05, 4.69) is 38.1 Å². The minimum absolute atomic E-state index is 0. The molecule has 0 atom stereocenters. The number of hydrogen-bond acceptors (Lipinski definition) is 1. The zero-order chi connectivity index (χ0) is 10.6. The Morgan fingerprint density at radius 1 is 1.00 bits per heavy atom. The van der Waals surface area contributed by atoms with E-state index in [1.54, 1.807) is 0 Å². The lowest BCUT2D eigenvalue weighted by Gasteiger charge is -1.98.